The highest BCUT2D eigenvalue weighted by Gasteiger charge is 2.39. The summed E-state index contributed by atoms with van der Waals surface area (Å²) in [6.45, 7) is 6.24. The van der Waals surface area contributed by atoms with Crippen LogP contribution in [0.2, 0.25) is 0 Å². The van der Waals surface area contributed by atoms with Crippen LogP contribution in [0.1, 0.15) is 93.0 Å². The van der Waals surface area contributed by atoms with E-state index in [1.807, 2.05) is 66.9 Å². The normalized spacial score (nSPS) is 19.4. The minimum absolute atomic E-state index is 0.169. The van der Waals surface area contributed by atoms with Gasteiger partial charge in [0.05, 0.1) is 24.7 Å². The van der Waals surface area contributed by atoms with Gasteiger partial charge in [-0.15, -0.1) is 5.10 Å². The summed E-state index contributed by atoms with van der Waals surface area (Å²) in [7, 11) is 1.69. The van der Waals surface area contributed by atoms with Gasteiger partial charge < -0.3 is 35.8 Å². The van der Waals surface area contributed by atoms with Crippen LogP contribution in [0.3, 0.4) is 0 Å². The van der Waals surface area contributed by atoms with Crippen LogP contribution in [-0.4, -0.2) is 130 Å². The smallest absolute Gasteiger partial charge is 0.272 e. The van der Waals surface area contributed by atoms with E-state index < -0.39 is 11.9 Å². The molecule has 3 saturated heterocycles. The standard InChI is InChI=1S/C53H58N12O6S/c1-71-33-53(54)19-25-64(26-20-53)46-30-56-48(31-55-46)72-41-4-2-3-38(28-41)58-49(67)36-6-8-39(9-7-36)63-23-17-40(18-24-63)62-21-15-35(16-22-62)43-11-12-44(61-60-43)50(68)57-29-34-5-10-42-37(27-34)32-65(52(42)70)45-13-14-47(66)59-51(45)69/h2-12,15,27-28,30-31,40,45H,13-14,16-26,29,32-33,54H2,1H3,(H,57,68)(H,58,67)(H,59,66,69). The third-order valence-corrected chi connectivity index (χ3v) is 15.3. The molecule has 0 bridgehead atoms. The Balaban J connectivity index is 0.648. The van der Waals surface area contributed by atoms with E-state index in [0.717, 1.165) is 115 Å². The number of nitrogens with zero attached hydrogens (tertiary/aromatic N) is 8. The summed E-state index contributed by atoms with van der Waals surface area (Å²) in [5, 5.41) is 17.7. The van der Waals surface area contributed by atoms with E-state index in [1.165, 1.54) is 16.7 Å². The van der Waals surface area contributed by atoms with Crippen LogP contribution < -0.4 is 31.5 Å². The molecule has 2 aromatic heterocycles. The Labute approximate surface area is 422 Å². The number of fused-ring (bicyclic) bond motifs is 1. The van der Waals surface area contributed by atoms with Crippen LogP contribution in [0.5, 0.6) is 0 Å². The highest BCUT2D eigenvalue weighted by molar-refractivity contribution is 7.99. The monoisotopic (exact) mass is 990 g/mol. The first-order valence-electron chi connectivity index (χ1n) is 24.6. The van der Waals surface area contributed by atoms with Gasteiger partial charge in [0.15, 0.2) is 5.69 Å². The van der Waals surface area contributed by atoms with Gasteiger partial charge in [0.25, 0.3) is 17.7 Å². The van der Waals surface area contributed by atoms with Crippen LogP contribution in [-0.2, 0) is 27.4 Å². The predicted molar refractivity (Wildman–Crippen MR) is 272 cm³/mol. The summed E-state index contributed by atoms with van der Waals surface area (Å²) in [6, 6.07) is 24.3. The number of piperidine rings is 3. The maximum atomic E-state index is 13.3. The van der Waals surface area contributed by atoms with Gasteiger partial charge in [-0.3, -0.25) is 34.2 Å². The first-order chi connectivity index (χ1) is 35.0. The number of anilines is 3. The number of nitrogens with one attached hydrogen (secondary N) is 3. The molecule has 0 spiro atoms. The molecular weight excluding hydrogens is 933 g/mol. The number of imide groups is 1. The Morgan fingerprint density at radius 2 is 1.68 bits per heavy atom. The number of hydrogen-bond acceptors (Lipinski definition) is 15. The second-order valence-electron chi connectivity index (χ2n) is 19.2. The first-order valence-corrected chi connectivity index (χ1v) is 25.4. The lowest BCUT2D eigenvalue weighted by molar-refractivity contribution is -0.136. The van der Waals surface area contributed by atoms with Crippen molar-refractivity contribution in [2.24, 2.45) is 5.73 Å². The van der Waals surface area contributed by atoms with E-state index in [-0.39, 0.29) is 54.4 Å². The minimum Gasteiger partial charge on any atom is -0.383 e. The molecule has 5 aliphatic heterocycles. The maximum Gasteiger partial charge on any atom is 0.272 e. The highest BCUT2D eigenvalue weighted by atomic mass is 32.2. The third kappa shape index (κ3) is 11.0. The van der Waals surface area contributed by atoms with Crippen LogP contribution in [0.15, 0.2) is 107 Å². The molecule has 7 heterocycles. The molecular formula is C53H58N12O6S. The number of ether oxygens (including phenoxy) is 1. The zero-order chi connectivity index (χ0) is 49.8. The van der Waals surface area contributed by atoms with Crippen molar-refractivity contribution >= 4 is 64.1 Å². The molecule has 1 atom stereocenters. The largest absolute Gasteiger partial charge is 0.383 e. The summed E-state index contributed by atoms with van der Waals surface area (Å²) in [5.74, 6) is -0.701. The summed E-state index contributed by atoms with van der Waals surface area (Å²) < 4.78 is 5.31. The fourth-order valence-electron chi connectivity index (χ4n) is 10.3. The third-order valence-electron chi connectivity index (χ3n) is 14.4. The molecule has 5 N–H and O–H groups in total. The van der Waals surface area contributed by atoms with E-state index in [9.17, 15) is 24.0 Å². The quantitative estimate of drug-likeness (QED) is 0.107. The summed E-state index contributed by atoms with van der Waals surface area (Å²) in [5.41, 5.74) is 12.8. The Hall–Kier alpha value is -7.06. The van der Waals surface area contributed by atoms with Crippen molar-refractivity contribution in [2.45, 2.75) is 85.6 Å². The lowest BCUT2D eigenvalue weighted by Gasteiger charge is -2.40. The van der Waals surface area contributed by atoms with Crippen LogP contribution in [0.25, 0.3) is 5.57 Å². The molecule has 5 aliphatic rings. The van der Waals surface area contributed by atoms with Gasteiger partial charge in [0, 0.05) is 105 Å². The van der Waals surface area contributed by atoms with Crippen molar-refractivity contribution < 1.29 is 28.7 Å². The number of hydrogen-bond donors (Lipinski definition) is 4. The Morgan fingerprint density at radius 1 is 0.861 bits per heavy atom. The van der Waals surface area contributed by atoms with Crippen molar-refractivity contribution in [3.05, 3.63) is 131 Å². The number of rotatable bonds is 14. The Bertz CT molecular complexity index is 2870. The van der Waals surface area contributed by atoms with Gasteiger partial charge >= 0.3 is 0 Å². The molecule has 3 fully saturated rings. The molecule has 19 heteroatoms. The lowest BCUT2D eigenvalue weighted by atomic mass is 9.89. The summed E-state index contributed by atoms with van der Waals surface area (Å²) in [4.78, 5) is 82.4. The molecule has 5 amide bonds. The van der Waals surface area contributed by atoms with Gasteiger partial charge in [-0.1, -0.05) is 36.0 Å². The average molecular weight is 991 g/mol. The van der Waals surface area contributed by atoms with E-state index in [1.54, 1.807) is 31.5 Å². The molecule has 72 heavy (non-hydrogen) atoms. The first kappa shape index (κ1) is 48.6. The number of methoxy groups -OCH3 is 1. The number of carbonyl (C=O) groups is 5. The molecule has 3 aromatic carbocycles. The van der Waals surface area contributed by atoms with Crippen molar-refractivity contribution in [2.75, 3.05) is 68.1 Å². The number of nitrogens with two attached hydrogens (primary N) is 1. The fraction of sp³-hybridized carbons (Fsp3) is 0.377. The molecule has 18 nitrogen and oxygen atoms in total. The topological polar surface area (TPSA) is 221 Å². The number of aromatic nitrogens is 4. The second kappa shape index (κ2) is 21.3. The molecule has 0 aliphatic carbocycles. The van der Waals surface area contributed by atoms with Crippen LogP contribution in [0.4, 0.5) is 17.2 Å². The Morgan fingerprint density at radius 3 is 2.39 bits per heavy atom. The number of carbonyl (C=O) groups excluding carboxylic acids is 5. The number of amides is 5. The zero-order valence-electron chi connectivity index (χ0n) is 40.2. The number of benzene rings is 3. The van der Waals surface area contributed by atoms with E-state index in [4.69, 9.17) is 10.5 Å². The van der Waals surface area contributed by atoms with E-state index in [2.05, 4.69) is 56.9 Å². The minimum atomic E-state index is -0.681. The van der Waals surface area contributed by atoms with E-state index in [0.29, 0.717) is 35.9 Å². The average Bonchev–Trinajstić information content (AvgIpc) is 3.73. The van der Waals surface area contributed by atoms with Gasteiger partial charge in [0.2, 0.25) is 11.8 Å². The van der Waals surface area contributed by atoms with E-state index >= 15 is 0 Å². The summed E-state index contributed by atoms with van der Waals surface area (Å²) in [6.07, 6.45) is 10.9. The molecule has 5 aromatic rings. The lowest BCUT2D eigenvalue weighted by Crippen LogP contribution is -2.53. The van der Waals surface area contributed by atoms with Crippen molar-refractivity contribution in [1.29, 1.82) is 0 Å². The highest BCUT2D eigenvalue weighted by Crippen LogP contribution is 2.32. The Kier molecular flexibility index (Phi) is 14.4. The summed E-state index contributed by atoms with van der Waals surface area (Å²) >= 11 is 1.49. The second-order valence-corrected chi connectivity index (χ2v) is 20.3. The molecule has 0 radical (unpaired) electrons. The molecule has 372 valence electrons. The van der Waals surface area contributed by atoms with Gasteiger partial charge in [-0.2, -0.15) is 5.10 Å². The van der Waals surface area contributed by atoms with Gasteiger partial charge in [-0.25, -0.2) is 9.97 Å². The van der Waals surface area contributed by atoms with Crippen molar-refractivity contribution in [3.8, 4) is 0 Å². The molecule has 0 saturated carbocycles. The fourth-order valence-corrected chi connectivity index (χ4v) is 11.1. The SMILES string of the molecule is COCC1(N)CCN(c2cnc(Sc3cccc(NC(=O)c4ccc(N5CCC(N6CC=C(c7ccc(C(=O)NCc8ccc9c(c8)CN(C8CCC(=O)NC8=O)C9=O)nn7)CC6)CC5)cc4)c3)cn2)CC1. The van der Waals surface area contributed by atoms with Gasteiger partial charge in [-0.05, 0) is 116 Å². The van der Waals surface area contributed by atoms with Crippen molar-refractivity contribution in [3.63, 3.8) is 0 Å². The van der Waals surface area contributed by atoms with Crippen LogP contribution >= 0.6 is 11.8 Å². The molecule has 1 unspecified atom stereocenters. The molecule has 10 rings (SSSR count). The maximum absolute atomic E-state index is 13.3. The van der Waals surface area contributed by atoms with Crippen LogP contribution in [0, 0.1) is 0 Å². The zero-order valence-corrected chi connectivity index (χ0v) is 41.0. The van der Waals surface area contributed by atoms with Crippen molar-refractivity contribution in [1.82, 2.24) is 40.6 Å². The van der Waals surface area contributed by atoms with Gasteiger partial charge in [0.1, 0.15) is 16.9 Å². The predicted octanol–water partition coefficient (Wildman–Crippen LogP) is 5.06.